The molecule has 3 nitrogen and oxygen atoms in total. The molecule has 0 atom stereocenters. The van der Waals surface area contributed by atoms with E-state index in [1.807, 2.05) is 0 Å². The van der Waals surface area contributed by atoms with Crippen LogP contribution in [-0.4, -0.2) is 16.1 Å². The van der Waals surface area contributed by atoms with Crippen molar-refractivity contribution in [2.24, 2.45) is 7.05 Å². The number of aryl methyl sites for hydroxylation is 2. The van der Waals surface area contributed by atoms with Gasteiger partial charge < -0.3 is 9.88 Å². The second kappa shape index (κ2) is 3.94. The Balaban J connectivity index is 2.01. The number of fused-ring (bicyclic) bond motifs is 1. The van der Waals surface area contributed by atoms with Gasteiger partial charge in [-0.15, -0.1) is 0 Å². The van der Waals surface area contributed by atoms with Gasteiger partial charge >= 0.3 is 0 Å². The molecule has 84 valence electrons. The van der Waals surface area contributed by atoms with Crippen molar-refractivity contribution >= 4 is 16.3 Å². The predicted octanol–water partition coefficient (Wildman–Crippen LogP) is 2.90. The average molecular weight is 233 g/mol. The number of hydrogen-bond donors (Lipinski definition) is 1. The lowest BCUT2D eigenvalue weighted by molar-refractivity contribution is 0.775. The maximum Gasteiger partial charge on any atom is 0.142 e. The van der Waals surface area contributed by atoms with Crippen LogP contribution >= 0.6 is 11.3 Å². The quantitative estimate of drug-likeness (QED) is 0.820. The number of anilines is 1. The number of thiazole rings is 1. The van der Waals surface area contributed by atoms with Crippen LogP contribution in [0.1, 0.15) is 18.5 Å². The molecule has 1 aliphatic heterocycles. The molecule has 2 aromatic heterocycles. The summed E-state index contributed by atoms with van der Waals surface area (Å²) < 4.78 is 2.12. The highest BCUT2D eigenvalue weighted by atomic mass is 32.1. The molecular formula is C12H15N3S. The molecule has 1 aliphatic rings. The van der Waals surface area contributed by atoms with Crippen LogP contribution in [0.2, 0.25) is 0 Å². The van der Waals surface area contributed by atoms with Crippen LogP contribution in [0.5, 0.6) is 0 Å². The van der Waals surface area contributed by atoms with Crippen LogP contribution in [-0.2, 0) is 13.5 Å². The van der Waals surface area contributed by atoms with E-state index < -0.39 is 0 Å². The molecule has 0 aromatic carbocycles. The third-order valence-electron chi connectivity index (χ3n) is 2.99. The third kappa shape index (κ3) is 1.63. The predicted molar refractivity (Wildman–Crippen MR) is 67.9 cm³/mol. The molecule has 0 spiro atoms. The molecule has 0 unspecified atom stereocenters. The van der Waals surface area contributed by atoms with Crippen molar-refractivity contribution in [1.82, 2.24) is 9.55 Å². The zero-order valence-electron chi connectivity index (χ0n) is 9.36. The van der Waals surface area contributed by atoms with E-state index in [9.17, 15) is 0 Å². The van der Waals surface area contributed by atoms with Gasteiger partial charge in [0.1, 0.15) is 10.0 Å². The lowest BCUT2D eigenvalue weighted by Crippen LogP contribution is -1.96. The van der Waals surface area contributed by atoms with Gasteiger partial charge in [-0.05, 0) is 31.4 Å². The number of rotatable bonds is 1. The van der Waals surface area contributed by atoms with Gasteiger partial charge in [-0.25, -0.2) is 4.98 Å². The Morgan fingerprint density at radius 2 is 2.38 bits per heavy atom. The molecule has 0 amide bonds. The molecule has 0 saturated carbocycles. The van der Waals surface area contributed by atoms with Crippen molar-refractivity contribution in [2.45, 2.75) is 19.3 Å². The van der Waals surface area contributed by atoms with Gasteiger partial charge in [0.05, 0.1) is 11.4 Å². The van der Waals surface area contributed by atoms with E-state index in [1.54, 1.807) is 11.3 Å². The lowest BCUT2D eigenvalue weighted by atomic mass is 10.2. The summed E-state index contributed by atoms with van der Waals surface area (Å²) >= 11 is 1.78. The van der Waals surface area contributed by atoms with E-state index >= 15 is 0 Å². The van der Waals surface area contributed by atoms with Gasteiger partial charge in [0.15, 0.2) is 0 Å². The molecule has 0 saturated heterocycles. The third-order valence-corrected chi connectivity index (χ3v) is 4.06. The first-order valence-corrected chi connectivity index (χ1v) is 6.51. The molecule has 3 heterocycles. The molecule has 0 bridgehead atoms. The Labute approximate surface area is 99.1 Å². The maximum absolute atomic E-state index is 4.75. The summed E-state index contributed by atoms with van der Waals surface area (Å²) in [6, 6.07) is 4.19. The summed E-state index contributed by atoms with van der Waals surface area (Å²) in [6.45, 7) is 1.09. The SMILES string of the molecule is Cn1cccc1-c1nc2c(s1)NCCCC2. The Bertz CT molecular complexity index is 475. The molecule has 4 heteroatoms. The zero-order chi connectivity index (χ0) is 11.0. The van der Waals surface area contributed by atoms with Crippen LogP contribution in [0.3, 0.4) is 0 Å². The summed E-state index contributed by atoms with van der Waals surface area (Å²) in [5, 5.41) is 5.88. The minimum absolute atomic E-state index is 1.09. The Morgan fingerprint density at radius 1 is 1.44 bits per heavy atom. The van der Waals surface area contributed by atoms with Crippen molar-refractivity contribution < 1.29 is 0 Å². The lowest BCUT2D eigenvalue weighted by Gasteiger charge is -1.98. The smallest absolute Gasteiger partial charge is 0.142 e. The largest absolute Gasteiger partial charge is 0.375 e. The first-order chi connectivity index (χ1) is 7.84. The van der Waals surface area contributed by atoms with E-state index in [0.29, 0.717) is 0 Å². The molecule has 2 aromatic rings. The second-order valence-corrected chi connectivity index (χ2v) is 5.18. The van der Waals surface area contributed by atoms with Crippen molar-refractivity contribution in [3.63, 3.8) is 0 Å². The first-order valence-electron chi connectivity index (χ1n) is 5.70. The number of nitrogens with zero attached hydrogens (tertiary/aromatic N) is 2. The van der Waals surface area contributed by atoms with Crippen LogP contribution in [0.25, 0.3) is 10.7 Å². The Kier molecular flexibility index (Phi) is 2.44. The van der Waals surface area contributed by atoms with Gasteiger partial charge in [-0.1, -0.05) is 11.3 Å². The molecular weight excluding hydrogens is 218 g/mol. The molecule has 3 rings (SSSR count). The van der Waals surface area contributed by atoms with Crippen molar-refractivity contribution in [2.75, 3.05) is 11.9 Å². The molecule has 0 aliphatic carbocycles. The van der Waals surface area contributed by atoms with E-state index in [4.69, 9.17) is 4.98 Å². The number of hydrogen-bond acceptors (Lipinski definition) is 3. The normalized spacial score (nSPS) is 15.3. The topological polar surface area (TPSA) is 29.9 Å². The van der Waals surface area contributed by atoms with Gasteiger partial charge in [0, 0.05) is 19.8 Å². The van der Waals surface area contributed by atoms with Crippen LogP contribution in [0.15, 0.2) is 18.3 Å². The molecule has 1 N–H and O–H groups in total. The fourth-order valence-electron chi connectivity index (χ4n) is 2.07. The minimum Gasteiger partial charge on any atom is -0.375 e. The Morgan fingerprint density at radius 3 is 3.19 bits per heavy atom. The highest BCUT2D eigenvalue weighted by Crippen LogP contribution is 2.34. The fraction of sp³-hybridized carbons (Fsp3) is 0.417. The van der Waals surface area contributed by atoms with E-state index in [0.717, 1.165) is 18.0 Å². The maximum atomic E-state index is 4.75. The monoisotopic (exact) mass is 233 g/mol. The van der Waals surface area contributed by atoms with Gasteiger partial charge in [0.2, 0.25) is 0 Å². The van der Waals surface area contributed by atoms with Crippen molar-refractivity contribution in [1.29, 1.82) is 0 Å². The number of aromatic nitrogens is 2. The summed E-state index contributed by atoms with van der Waals surface area (Å²) in [5.41, 5.74) is 2.46. The highest BCUT2D eigenvalue weighted by Gasteiger charge is 2.15. The van der Waals surface area contributed by atoms with Gasteiger partial charge in [-0.3, -0.25) is 0 Å². The fourth-order valence-corrected chi connectivity index (χ4v) is 3.18. The summed E-state index contributed by atoms with van der Waals surface area (Å²) in [5.74, 6) is 0. The average Bonchev–Trinajstić information content (AvgIpc) is 2.80. The summed E-state index contributed by atoms with van der Waals surface area (Å²) in [7, 11) is 2.06. The van der Waals surface area contributed by atoms with Gasteiger partial charge in [-0.2, -0.15) is 0 Å². The molecule has 0 fully saturated rings. The standard InChI is InChI=1S/C12H15N3S/c1-15-8-4-6-10(15)12-14-9-5-2-3-7-13-11(9)16-12/h4,6,8,13H,2-3,5,7H2,1H3. The summed E-state index contributed by atoms with van der Waals surface area (Å²) in [4.78, 5) is 4.75. The minimum atomic E-state index is 1.09. The van der Waals surface area contributed by atoms with Crippen molar-refractivity contribution in [3.05, 3.63) is 24.0 Å². The summed E-state index contributed by atoms with van der Waals surface area (Å²) in [6.07, 6.45) is 5.68. The number of nitrogens with one attached hydrogen (secondary N) is 1. The highest BCUT2D eigenvalue weighted by molar-refractivity contribution is 7.19. The molecule has 16 heavy (non-hydrogen) atoms. The first kappa shape index (κ1) is 9.90. The zero-order valence-corrected chi connectivity index (χ0v) is 10.2. The van der Waals surface area contributed by atoms with E-state index in [-0.39, 0.29) is 0 Å². The van der Waals surface area contributed by atoms with E-state index in [1.165, 1.54) is 29.2 Å². The van der Waals surface area contributed by atoms with E-state index in [2.05, 4.69) is 35.3 Å². The van der Waals surface area contributed by atoms with Gasteiger partial charge in [0.25, 0.3) is 0 Å². The Hall–Kier alpha value is -1.29. The van der Waals surface area contributed by atoms with Crippen molar-refractivity contribution in [3.8, 4) is 10.7 Å². The second-order valence-electron chi connectivity index (χ2n) is 4.18. The van der Waals surface area contributed by atoms with Crippen LogP contribution < -0.4 is 5.32 Å². The van der Waals surface area contributed by atoms with Crippen LogP contribution in [0.4, 0.5) is 5.00 Å². The van der Waals surface area contributed by atoms with Crippen LogP contribution in [0, 0.1) is 0 Å². The molecule has 0 radical (unpaired) electrons.